The van der Waals surface area contributed by atoms with Crippen molar-refractivity contribution in [2.45, 2.75) is 19.8 Å². The van der Waals surface area contributed by atoms with E-state index in [1.165, 1.54) is 0 Å². The van der Waals surface area contributed by atoms with Crippen LogP contribution in [0.15, 0.2) is 27.8 Å². The van der Waals surface area contributed by atoms with Crippen LogP contribution in [0.2, 0.25) is 0 Å². The molecule has 1 heterocycles. The average Bonchev–Trinajstić information content (AvgIpc) is 2.67. The Kier molecular flexibility index (Phi) is 4.61. The SMILES string of the molecule is CCCN=C(N)NCCc1ccco1. The normalized spacial score (nSPS) is 11.6. The molecule has 0 fully saturated rings. The van der Waals surface area contributed by atoms with Crippen LogP contribution in [0.25, 0.3) is 0 Å². The first-order valence-corrected chi connectivity index (χ1v) is 4.89. The summed E-state index contributed by atoms with van der Waals surface area (Å²) in [7, 11) is 0. The minimum atomic E-state index is 0.512. The topological polar surface area (TPSA) is 63.5 Å². The van der Waals surface area contributed by atoms with E-state index < -0.39 is 0 Å². The highest BCUT2D eigenvalue weighted by Gasteiger charge is 1.95. The molecule has 0 aliphatic heterocycles. The summed E-state index contributed by atoms with van der Waals surface area (Å²) >= 11 is 0. The lowest BCUT2D eigenvalue weighted by Gasteiger charge is -2.03. The van der Waals surface area contributed by atoms with Crippen LogP contribution in [-0.2, 0) is 6.42 Å². The molecule has 1 aromatic heterocycles. The van der Waals surface area contributed by atoms with Crippen molar-refractivity contribution in [3.63, 3.8) is 0 Å². The molecule has 0 unspecified atom stereocenters. The highest BCUT2D eigenvalue weighted by Crippen LogP contribution is 1.99. The smallest absolute Gasteiger partial charge is 0.188 e. The van der Waals surface area contributed by atoms with Crippen molar-refractivity contribution in [1.82, 2.24) is 5.32 Å². The number of aliphatic imine (C=N–C) groups is 1. The standard InChI is InChI=1S/C10H17N3O/c1-2-6-12-10(11)13-7-5-9-4-3-8-14-9/h3-4,8H,2,5-7H2,1H3,(H3,11,12,13). The summed E-state index contributed by atoms with van der Waals surface area (Å²) in [6.45, 7) is 3.60. The highest BCUT2D eigenvalue weighted by atomic mass is 16.3. The fourth-order valence-corrected chi connectivity index (χ4v) is 1.06. The van der Waals surface area contributed by atoms with Gasteiger partial charge in [0.05, 0.1) is 6.26 Å². The molecular weight excluding hydrogens is 178 g/mol. The van der Waals surface area contributed by atoms with Crippen molar-refractivity contribution in [3.8, 4) is 0 Å². The molecule has 0 atom stereocenters. The molecule has 0 aliphatic rings. The van der Waals surface area contributed by atoms with Crippen molar-refractivity contribution in [2.75, 3.05) is 13.1 Å². The average molecular weight is 195 g/mol. The van der Waals surface area contributed by atoms with Gasteiger partial charge in [-0.05, 0) is 18.6 Å². The quantitative estimate of drug-likeness (QED) is 0.547. The van der Waals surface area contributed by atoms with Crippen LogP contribution in [0, 0.1) is 0 Å². The number of hydrogen-bond donors (Lipinski definition) is 2. The van der Waals surface area contributed by atoms with Crippen molar-refractivity contribution < 1.29 is 4.42 Å². The van der Waals surface area contributed by atoms with Crippen molar-refractivity contribution in [3.05, 3.63) is 24.2 Å². The number of rotatable bonds is 5. The van der Waals surface area contributed by atoms with Crippen molar-refractivity contribution in [1.29, 1.82) is 0 Å². The summed E-state index contributed by atoms with van der Waals surface area (Å²) in [5, 5.41) is 3.02. The lowest BCUT2D eigenvalue weighted by atomic mass is 10.3. The molecule has 14 heavy (non-hydrogen) atoms. The third kappa shape index (κ3) is 3.98. The van der Waals surface area contributed by atoms with E-state index in [1.54, 1.807) is 6.26 Å². The maximum atomic E-state index is 5.61. The summed E-state index contributed by atoms with van der Waals surface area (Å²) < 4.78 is 5.18. The van der Waals surface area contributed by atoms with Crippen LogP contribution < -0.4 is 11.1 Å². The zero-order chi connectivity index (χ0) is 10.2. The Bertz CT molecular complexity index is 267. The summed E-state index contributed by atoms with van der Waals surface area (Å²) in [4.78, 5) is 4.11. The molecule has 4 heteroatoms. The second kappa shape index (κ2) is 6.07. The van der Waals surface area contributed by atoms with E-state index in [0.29, 0.717) is 5.96 Å². The van der Waals surface area contributed by atoms with Crippen molar-refractivity contribution in [2.24, 2.45) is 10.7 Å². The lowest BCUT2D eigenvalue weighted by Crippen LogP contribution is -2.33. The zero-order valence-corrected chi connectivity index (χ0v) is 8.49. The van der Waals surface area contributed by atoms with Gasteiger partial charge in [-0.2, -0.15) is 0 Å². The third-order valence-electron chi connectivity index (χ3n) is 1.76. The molecule has 0 bridgehead atoms. The number of nitrogens with two attached hydrogens (primary N) is 1. The van der Waals surface area contributed by atoms with E-state index in [1.807, 2.05) is 12.1 Å². The van der Waals surface area contributed by atoms with Gasteiger partial charge in [-0.25, -0.2) is 0 Å². The van der Waals surface area contributed by atoms with Gasteiger partial charge >= 0.3 is 0 Å². The molecule has 4 nitrogen and oxygen atoms in total. The van der Waals surface area contributed by atoms with Gasteiger partial charge in [0.2, 0.25) is 0 Å². The molecule has 0 spiro atoms. The third-order valence-corrected chi connectivity index (χ3v) is 1.76. The maximum absolute atomic E-state index is 5.61. The molecular formula is C10H17N3O. The second-order valence-corrected chi connectivity index (χ2v) is 3.02. The second-order valence-electron chi connectivity index (χ2n) is 3.02. The molecule has 0 radical (unpaired) electrons. The van der Waals surface area contributed by atoms with Gasteiger partial charge in [-0.3, -0.25) is 4.99 Å². The van der Waals surface area contributed by atoms with E-state index in [4.69, 9.17) is 10.2 Å². The molecule has 0 amide bonds. The molecule has 1 aromatic rings. The Morgan fingerprint density at radius 1 is 1.64 bits per heavy atom. The van der Waals surface area contributed by atoms with Gasteiger partial charge in [0.1, 0.15) is 5.76 Å². The Morgan fingerprint density at radius 3 is 3.14 bits per heavy atom. The Labute approximate surface area is 84.2 Å². The van der Waals surface area contributed by atoms with Gasteiger partial charge in [0, 0.05) is 19.5 Å². The molecule has 0 saturated heterocycles. The fraction of sp³-hybridized carbons (Fsp3) is 0.500. The maximum Gasteiger partial charge on any atom is 0.188 e. The number of nitrogens with one attached hydrogen (secondary N) is 1. The van der Waals surface area contributed by atoms with Crippen LogP contribution >= 0.6 is 0 Å². The molecule has 0 saturated carbocycles. The number of hydrogen-bond acceptors (Lipinski definition) is 2. The predicted octanol–water partition coefficient (Wildman–Crippen LogP) is 1.14. The number of furan rings is 1. The minimum absolute atomic E-state index is 0.512. The van der Waals surface area contributed by atoms with Crippen LogP contribution in [-0.4, -0.2) is 19.0 Å². The zero-order valence-electron chi connectivity index (χ0n) is 8.49. The van der Waals surface area contributed by atoms with Gasteiger partial charge in [-0.15, -0.1) is 0 Å². The summed E-state index contributed by atoms with van der Waals surface area (Å²) in [6.07, 6.45) is 3.51. The first-order chi connectivity index (χ1) is 6.83. The number of guanidine groups is 1. The van der Waals surface area contributed by atoms with Crippen LogP contribution in [0.1, 0.15) is 19.1 Å². The monoisotopic (exact) mass is 195 g/mol. The summed E-state index contributed by atoms with van der Waals surface area (Å²) in [5.74, 6) is 1.47. The van der Waals surface area contributed by atoms with E-state index in [2.05, 4.69) is 17.2 Å². The van der Waals surface area contributed by atoms with Gasteiger partial charge in [-0.1, -0.05) is 6.92 Å². The highest BCUT2D eigenvalue weighted by molar-refractivity contribution is 5.77. The molecule has 78 valence electrons. The Balaban J connectivity index is 2.15. The van der Waals surface area contributed by atoms with E-state index >= 15 is 0 Å². The Morgan fingerprint density at radius 2 is 2.50 bits per heavy atom. The summed E-state index contributed by atoms with van der Waals surface area (Å²) in [5.41, 5.74) is 5.61. The van der Waals surface area contributed by atoms with Crippen LogP contribution in [0.4, 0.5) is 0 Å². The Hall–Kier alpha value is -1.45. The largest absolute Gasteiger partial charge is 0.469 e. The predicted molar refractivity (Wildman–Crippen MR) is 57.2 cm³/mol. The molecule has 0 aromatic carbocycles. The molecule has 3 N–H and O–H groups in total. The fourth-order valence-electron chi connectivity index (χ4n) is 1.06. The molecule has 1 rings (SSSR count). The van der Waals surface area contributed by atoms with Crippen LogP contribution in [0.5, 0.6) is 0 Å². The van der Waals surface area contributed by atoms with Gasteiger partial charge in [0.25, 0.3) is 0 Å². The number of nitrogens with zero attached hydrogens (tertiary/aromatic N) is 1. The first-order valence-electron chi connectivity index (χ1n) is 4.89. The van der Waals surface area contributed by atoms with Crippen LogP contribution in [0.3, 0.4) is 0 Å². The lowest BCUT2D eigenvalue weighted by molar-refractivity contribution is 0.507. The van der Waals surface area contributed by atoms with Gasteiger partial charge < -0.3 is 15.5 Å². The van der Waals surface area contributed by atoms with Crippen molar-refractivity contribution >= 4 is 5.96 Å². The summed E-state index contributed by atoms with van der Waals surface area (Å²) in [6, 6.07) is 3.82. The first kappa shape index (κ1) is 10.6. The van der Waals surface area contributed by atoms with E-state index in [0.717, 1.165) is 31.7 Å². The molecule has 0 aliphatic carbocycles. The van der Waals surface area contributed by atoms with E-state index in [-0.39, 0.29) is 0 Å². The van der Waals surface area contributed by atoms with Gasteiger partial charge in [0.15, 0.2) is 5.96 Å². The minimum Gasteiger partial charge on any atom is -0.469 e. The van der Waals surface area contributed by atoms with E-state index in [9.17, 15) is 0 Å².